The van der Waals surface area contributed by atoms with Gasteiger partial charge in [-0.05, 0) is 29.8 Å². The Labute approximate surface area is 116 Å². The molecular formula is C15H15F2N3. The smallest absolute Gasteiger partial charge is 0.151 e. The quantitative estimate of drug-likeness (QED) is 0.683. The van der Waals surface area contributed by atoms with Gasteiger partial charge in [0.05, 0.1) is 11.9 Å². The normalized spacial score (nSPS) is 10.8. The van der Waals surface area contributed by atoms with E-state index in [1.54, 1.807) is 6.21 Å². The molecule has 0 radical (unpaired) electrons. The molecule has 20 heavy (non-hydrogen) atoms. The van der Waals surface area contributed by atoms with Crippen LogP contribution in [0.25, 0.3) is 0 Å². The molecule has 104 valence electrons. The van der Waals surface area contributed by atoms with Crippen molar-refractivity contribution in [2.45, 2.75) is 0 Å². The van der Waals surface area contributed by atoms with Crippen molar-refractivity contribution in [1.29, 1.82) is 0 Å². The molecule has 0 spiro atoms. The molecule has 1 N–H and O–H groups in total. The van der Waals surface area contributed by atoms with E-state index in [0.717, 1.165) is 17.3 Å². The summed E-state index contributed by atoms with van der Waals surface area (Å²) in [6.45, 7) is 0. The molecule has 0 unspecified atom stereocenters. The van der Waals surface area contributed by atoms with Gasteiger partial charge in [-0.25, -0.2) is 8.78 Å². The molecule has 3 nitrogen and oxygen atoms in total. The molecule has 2 aromatic carbocycles. The van der Waals surface area contributed by atoms with Crippen LogP contribution in [-0.4, -0.2) is 20.3 Å². The lowest BCUT2D eigenvalue weighted by molar-refractivity contribution is 0.585. The van der Waals surface area contributed by atoms with Crippen LogP contribution in [0.1, 0.15) is 5.56 Å². The topological polar surface area (TPSA) is 27.6 Å². The molecule has 0 aromatic heterocycles. The van der Waals surface area contributed by atoms with Gasteiger partial charge in [0.2, 0.25) is 0 Å². The molecule has 0 aliphatic rings. The van der Waals surface area contributed by atoms with Gasteiger partial charge in [0.15, 0.2) is 5.82 Å². The van der Waals surface area contributed by atoms with Crippen molar-refractivity contribution in [2.75, 3.05) is 24.4 Å². The minimum Gasteiger partial charge on any atom is -0.378 e. The van der Waals surface area contributed by atoms with Crippen LogP contribution < -0.4 is 10.3 Å². The first kappa shape index (κ1) is 14.0. The third-order valence-corrected chi connectivity index (χ3v) is 2.74. The summed E-state index contributed by atoms with van der Waals surface area (Å²) in [6.07, 6.45) is 1.57. The second-order valence-corrected chi connectivity index (χ2v) is 4.48. The van der Waals surface area contributed by atoms with Crippen molar-refractivity contribution in [2.24, 2.45) is 5.10 Å². The van der Waals surface area contributed by atoms with E-state index in [1.807, 2.05) is 43.3 Å². The Hall–Kier alpha value is -2.43. The first-order valence-electron chi connectivity index (χ1n) is 6.08. The SMILES string of the molecule is CN(C)c1ccc(/C=N/Nc2ccc(F)cc2F)cc1. The predicted octanol–water partition coefficient (Wildman–Crippen LogP) is 3.48. The van der Waals surface area contributed by atoms with E-state index < -0.39 is 11.6 Å². The number of anilines is 2. The summed E-state index contributed by atoms with van der Waals surface area (Å²) in [7, 11) is 3.92. The highest BCUT2D eigenvalue weighted by molar-refractivity contribution is 5.80. The maximum Gasteiger partial charge on any atom is 0.151 e. The van der Waals surface area contributed by atoms with Crippen LogP contribution in [0, 0.1) is 11.6 Å². The lowest BCUT2D eigenvalue weighted by atomic mass is 10.2. The van der Waals surface area contributed by atoms with Gasteiger partial charge in [0.25, 0.3) is 0 Å². The van der Waals surface area contributed by atoms with Crippen molar-refractivity contribution >= 4 is 17.6 Å². The molecular weight excluding hydrogens is 260 g/mol. The summed E-state index contributed by atoms with van der Waals surface area (Å²) in [5, 5.41) is 3.93. The largest absolute Gasteiger partial charge is 0.378 e. The summed E-state index contributed by atoms with van der Waals surface area (Å²) in [5.41, 5.74) is 4.64. The standard InChI is InChI=1S/C15H15F2N3/c1-20(2)13-6-3-11(4-7-13)10-18-19-15-8-5-12(16)9-14(15)17/h3-10,19H,1-2H3/b18-10+. The number of hydrogen-bond donors (Lipinski definition) is 1. The number of rotatable bonds is 4. The van der Waals surface area contributed by atoms with E-state index in [9.17, 15) is 8.78 Å². The molecule has 2 aromatic rings. The van der Waals surface area contributed by atoms with Crippen LogP contribution in [0.5, 0.6) is 0 Å². The van der Waals surface area contributed by atoms with Gasteiger partial charge in [-0.15, -0.1) is 0 Å². The van der Waals surface area contributed by atoms with Gasteiger partial charge >= 0.3 is 0 Å². The molecule has 0 saturated carbocycles. The zero-order valence-corrected chi connectivity index (χ0v) is 11.3. The van der Waals surface area contributed by atoms with Crippen LogP contribution in [-0.2, 0) is 0 Å². The van der Waals surface area contributed by atoms with Gasteiger partial charge in [0, 0.05) is 25.8 Å². The number of hydrogen-bond acceptors (Lipinski definition) is 3. The van der Waals surface area contributed by atoms with E-state index in [1.165, 1.54) is 12.1 Å². The van der Waals surface area contributed by atoms with Crippen molar-refractivity contribution in [1.82, 2.24) is 0 Å². The molecule has 0 fully saturated rings. The number of benzene rings is 2. The molecule has 2 rings (SSSR count). The van der Waals surface area contributed by atoms with E-state index in [-0.39, 0.29) is 5.69 Å². The lowest BCUT2D eigenvalue weighted by Crippen LogP contribution is -2.08. The summed E-state index contributed by atoms with van der Waals surface area (Å²) in [5.74, 6) is -1.29. The van der Waals surface area contributed by atoms with Crippen LogP contribution in [0.15, 0.2) is 47.6 Å². The molecule has 0 aliphatic heterocycles. The highest BCUT2D eigenvalue weighted by Crippen LogP contribution is 2.15. The van der Waals surface area contributed by atoms with Gasteiger partial charge in [-0.1, -0.05) is 12.1 Å². The summed E-state index contributed by atoms with van der Waals surface area (Å²) in [6, 6.07) is 11.0. The highest BCUT2D eigenvalue weighted by atomic mass is 19.1. The summed E-state index contributed by atoms with van der Waals surface area (Å²) < 4.78 is 26.1. The summed E-state index contributed by atoms with van der Waals surface area (Å²) in [4.78, 5) is 1.99. The number of nitrogens with zero attached hydrogens (tertiary/aromatic N) is 2. The molecule has 0 bridgehead atoms. The monoisotopic (exact) mass is 275 g/mol. The first-order chi connectivity index (χ1) is 9.56. The Morgan fingerprint density at radius 1 is 1.05 bits per heavy atom. The van der Waals surface area contributed by atoms with E-state index in [0.29, 0.717) is 0 Å². The fraction of sp³-hybridized carbons (Fsp3) is 0.133. The van der Waals surface area contributed by atoms with E-state index in [2.05, 4.69) is 10.5 Å². The molecule has 0 atom stereocenters. The Morgan fingerprint density at radius 3 is 2.35 bits per heavy atom. The molecule has 0 saturated heterocycles. The van der Waals surface area contributed by atoms with Crippen molar-refractivity contribution in [3.8, 4) is 0 Å². The molecule has 0 amide bonds. The minimum atomic E-state index is -0.676. The average Bonchev–Trinajstić information content (AvgIpc) is 2.42. The van der Waals surface area contributed by atoms with Crippen molar-refractivity contribution in [3.05, 3.63) is 59.7 Å². The molecule has 0 heterocycles. The Kier molecular flexibility index (Phi) is 4.30. The van der Waals surface area contributed by atoms with Gasteiger partial charge in [-0.2, -0.15) is 5.10 Å². The Balaban J connectivity index is 2.02. The third kappa shape index (κ3) is 3.54. The maximum absolute atomic E-state index is 13.3. The van der Waals surface area contributed by atoms with E-state index >= 15 is 0 Å². The molecule has 5 heteroatoms. The van der Waals surface area contributed by atoms with Crippen LogP contribution in [0.3, 0.4) is 0 Å². The highest BCUT2D eigenvalue weighted by Gasteiger charge is 2.01. The Morgan fingerprint density at radius 2 is 1.75 bits per heavy atom. The second kappa shape index (κ2) is 6.14. The van der Waals surface area contributed by atoms with Gasteiger partial charge in [-0.3, -0.25) is 5.43 Å². The first-order valence-corrected chi connectivity index (χ1v) is 6.08. The lowest BCUT2D eigenvalue weighted by Gasteiger charge is -2.11. The van der Waals surface area contributed by atoms with Gasteiger partial charge in [0.1, 0.15) is 5.82 Å². The number of hydrazone groups is 1. The molecule has 0 aliphatic carbocycles. The number of nitrogens with one attached hydrogen (secondary N) is 1. The zero-order valence-electron chi connectivity index (χ0n) is 11.3. The van der Waals surface area contributed by atoms with Crippen LogP contribution in [0.2, 0.25) is 0 Å². The fourth-order valence-corrected chi connectivity index (χ4v) is 1.62. The Bertz CT molecular complexity index is 607. The summed E-state index contributed by atoms with van der Waals surface area (Å²) >= 11 is 0. The fourth-order valence-electron chi connectivity index (χ4n) is 1.62. The zero-order chi connectivity index (χ0) is 14.5. The van der Waals surface area contributed by atoms with Crippen LogP contribution >= 0.6 is 0 Å². The predicted molar refractivity (Wildman–Crippen MR) is 78.3 cm³/mol. The van der Waals surface area contributed by atoms with Gasteiger partial charge < -0.3 is 4.90 Å². The van der Waals surface area contributed by atoms with Crippen molar-refractivity contribution in [3.63, 3.8) is 0 Å². The second-order valence-electron chi connectivity index (χ2n) is 4.48. The number of halogens is 2. The third-order valence-electron chi connectivity index (χ3n) is 2.74. The maximum atomic E-state index is 13.3. The minimum absolute atomic E-state index is 0.132. The average molecular weight is 275 g/mol. The van der Waals surface area contributed by atoms with E-state index in [4.69, 9.17) is 0 Å². The van der Waals surface area contributed by atoms with Crippen LogP contribution in [0.4, 0.5) is 20.2 Å². The van der Waals surface area contributed by atoms with Crippen molar-refractivity contribution < 1.29 is 8.78 Å².